The van der Waals surface area contributed by atoms with Crippen LogP contribution in [0.4, 0.5) is 28.7 Å². The van der Waals surface area contributed by atoms with Crippen molar-refractivity contribution in [3.05, 3.63) is 78.5 Å². The minimum Gasteiger partial charge on any atom is -0.369 e. The molecular formula is C30H34N6O. The molecule has 0 amide bonds. The van der Waals surface area contributed by atoms with Gasteiger partial charge < -0.3 is 20.4 Å². The number of unbranched alkanes of at least 4 members (excludes halogenated alkanes) is 1. The van der Waals surface area contributed by atoms with E-state index in [2.05, 4.69) is 57.6 Å². The van der Waals surface area contributed by atoms with Gasteiger partial charge in [0.15, 0.2) is 5.78 Å². The van der Waals surface area contributed by atoms with E-state index in [1.807, 2.05) is 54.7 Å². The maximum Gasteiger partial charge on any atom is 0.227 e. The number of piperazine rings is 1. The van der Waals surface area contributed by atoms with Gasteiger partial charge in [0.25, 0.3) is 0 Å². The molecule has 37 heavy (non-hydrogen) atoms. The quantitative estimate of drug-likeness (QED) is 0.267. The van der Waals surface area contributed by atoms with Crippen LogP contribution < -0.4 is 15.5 Å². The Hall–Kier alpha value is -3.97. The molecule has 3 aromatic carbocycles. The number of ketones is 1. The molecule has 0 bridgehead atoms. The molecule has 190 valence electrons. The average Bonchev–Trinajstić information content (AvgIpc) is 2.93. The Morgan fingerprint density at radius 3 is 2.49 bits per heavy atom. The first kappa shape index (κ1) is 24.7. The number of fused-ring (bicyclic) bond motifs is 1. The Morgan fingerprint density at radius 2 is 1.70 bits per heavy atom. The van der Waals surface area contributed by atoms with E-state index in [-0.39, 0.29) is 5.78 Å². The fourth-order valence-electron chi connectivity index (χ4n) is 4.57. The van der Waals surface area contributed by atoms with E-state index in [4.69, 9.17) is 4.98 Å². The predicted octanol–water partition coefficient (Wildman–Crippen LogP) is 6.24. The van der Waals surface area contributed by atoms with E-state index in [9.17, 15) is 4.79 Å². The van der Waals surface area contributed by atoms with Gasteiger partial charge >= 0.3 is 0 Å². The molecule has 2 heterocycles. The van der Waals surface area contributed by atoms with Crippen molar-refractivity contribution in [1.82, 2.24) is 14.9 Å². The Labute approximate surface area is 218 Å². The molecule has 5 rings (SSSR count). The number of nitrogens with zero attached hydrogens (tertiary/aromatic N) is 4. The zero-order valence-electron chi connectivity index (χ0n) is 21.6. The third-order valence-electron chi connectivity index (χ3n) is 6.82. The zero-order chi connectivity index (χ0) is 25.6. The zero-order valence-corrected chi connectivity index (χ0v) is 21.6. The number of rotatable bonds is 9. The average molecular weight is 495 g/mol. The molecule has 1 saturated heterocycles. The van der Waals surface area contributed by atoms with Crippen LogP contribution in [0.5, 0.6) is 0 Å². The van der Waals surface area contributed by atoms with Gasteiger partial charge in [0.05, 0.1) is 11.2 Å². The molecule has 4 aromatic rings. The van der Waals surface area contributed by atoms with Crippen LogP contribution in [0.3, 0.4) is 0 Å². The van der Waals surface area contributed by atoms with E-state index in [1.54, 1.807) is 0 Å². The highest BCUT2D eigenvalue weighted by molar-refractivity contribution is 5.97. The van der Waals surface area contributed by atoms with E-state index in [0.717, 1.165) is 72.5 Å². The number of carbonyl (C=O) groups is 1. The number of hydrogen-bond acceptors (Lipinski definition) is 7. The largest absolute Gasteiger partial charge is 0.369 e. The molecule has 0 radical (unpaired) electrons. The van der Waals surface area contributed by atoms with Crippen LogP contribution in [0, 0.1) is 0 Å². The Balaban J connectivity index is 1.33. The van der Waals surface area contributed by atoms with Gasteiger partial charge in [-0.1, -0.05) is 31.5 Å². The number of likely N-dealkylation sites (N-methyl/N-ethyl adjacent to an activating group) is 1. The maximum absolute atomic E-state index is 12.3. The Kier molecular flexibility index (Phi) is 7.61. The summed E-state index contributed by atoms with van der Waals surface area (Å²) in [6, 6.07) is 22.1. The van der Waals surface area contributed by atoms with Gasteiger partial charge in [-0.2, -0.15) is 0 Å². The summed E-state index contributed by atoms with van der Waals surface area (Å²) in [5, 5.41) is 7.80. The molecule has 1 aromatic heterocycles. The van der Waals surface area contributed by atoms with E-state index >= 15 is 0 Å². The summed E-state index contributed by atoms with van der Waals surface area (Å²) >= 11 is 0. The van der Waals surface area contributed by atoms with Crippen molar-refractivity contribution >= 4 is 45.4 Å². The number of aromatic nitrogens is 2. The van der Waals surface area contributed by atoms with Crippen LogP contribution in [0.1, 0.15) is 36.5 Å². The fraction of sp³-hybridized carbons (Fsp3) is 0.300. The van der Waals surface area contributed by atoms with Crippen LogP contribution >= 0.6 is 0 Å². The maximum atomic E-state index is 12.3. The molecule has 7 nitrogen and oxygen atoms in total. The van der Waals surface area contributed by atoms with Crippen molar-refractivity contribution in [2.45, 2.75) is 26.2 Å². The first-order valence-electron chi connectivity index (χ1n) is 13.1. The second kappa shape index (κ2) is 11.4. The molecule has 1 fully saturated rings. The first-order chi connectivity index (χ1) is 18.1. The summed E-state index contributed by atoms with van der Waals surface area (Å²) in [5.74, 6) is 0.743. The van der Waals surface area contributed by atoms with Crippen LogP contribution in [0.25, 0.3) is 10.9 Å². The highest BCUT2D eigenvalue weighted by Crippen LogP contribution is 2.28. The number of carbonyl (C=O) groups excluding carboxylic acids is 1. The van der Waals surface area contributed by atoms with Crippen LogP contribution in [-0.2, 0) is 0 Å². The van der Waals surface area contributed by atoms with Gasteiger partial charge in [-0.25, -0.2) is 9.97 Å². The number of benzene rings is 3. The Morgan fingerprint density at radius 1 is 0.919 bits per heavy atom. The minimum atomic E-state index is 0.193. The van der Waals surface area contributed by atoms with Gasteiger partial charge in [-0.05, 0) is 62.0 Å². The summed E-state index contributed by atoms with van der Waals surface area (Å²) in [7, 11) is 2.17. The van der Waals surface area contributed by atoms with Gasteiger partial charge in [0, 0.05) is 66.8 Å². The monoisotopic (exact) mass is 494 g/mol. The highest BCUT2D eigenvalue weighted by atomic mass is 16.1. The van der Waals surface area contributed by atoms with Gasteiger partial charge in [0.1, 0.15) is 0 Å². The lowest BCUT2D eigenvalue weighted by Crippen LogP contribution is -2.44. The lowest BCUT2D eigenvalue weighted by atomic mass is 10.1. The van der Waals surface area contributed by atoms with Crippen molar-refractivity contribution in [2.75, 3.05) is 48.8 Å². The molecule has 2 N–H and O–H groups in total. The SMILES string of the molecule is CCCCC(=O)c1ccc(Nc2cccc3cnc(Nc4cccc(N5CCN(C)CC5)c4)nc23)cc1. The molecule has 1 aliphatic rings. The summed E-state index contributed by atoms with van der Waals surface area (Å²) in [6.45, 7) is 6.28. The molecule has 0 atom stereocenters. The molecule has 7 heteroatoms. The smallest absolute Gasteiger partial charge is 0.227 e. The van der Waals surface area contributed by atoms with Crippen molar-refractivity contribution < 1.29 is 4.79 Å². The molecule has 0 saturated carbocycles. The Bertz CT molecular complexity index is 1360. The number of anilines is 5. The molecule has 1 aliphatic heterocycles. The van der Waals surface area contributed by atoms with Crippen molar-refractivity contribution in [3.8, 4) is 0 Å². The molecule has 0 unspecified atom stereocenters. The van der Waals surface area contributed by atoms with Crippen molar-refractivity contribution in [3.63, 3.8) is 0 Å². The second-order valence-corrected chi connectivity index (χ2v) is 9.63. The third kappa shape index (κ3) is 6.06. The van der Waals surface area contributed by atoms with Gasteiger partial charge in [-0.15, -0.1) is 0 Å². The van der Waals surface area contributed by atoms with Gasteiger partial charge in [0.2, 0.25) is 5.95 Å². The molecular weight excluding hydrogens is 460 g/mol. The highest BCUT2D eigenvalue weighted by Gasteiger charge is 2.15. The number of hydrogen-bond donors (Lipinski definition) is 2. The standard InChI is InChI=1S/C30H34N6O/c1-3-4-11-28(37)22-12-14-24(15-13-22)32-27-10-5-7-23-21-31-30(34-29(23)27)33-25-8-6-9-26(20-25)36-18-16-35(2)17-19-36/h5-10,12-15,20-21,32H,3-4,11,16-19H2,1-2H3,(H,31,33,34). The number of nitrogens with one attached hydrogen (secondary N) is 2. The minimum absolute atomic E-state index is 0.193. The molecule has 0 aliphatic carbocycles. The second-order valence-electron chi connectivity index (χ2n) is 9.63. The van der Waals surface area contributed by atoms with Crippen molar-refractivity contribution in [2.24, 2.45) is 0 Å². The molecule has 0 spiro atoms. The van der Waals surface area contributed by atoms with E-state index in [0.29, 0.717) is 12.4 Å². The summed E-state index contributed by atoms with van der Waals surface area (Å²) < 4.78 is 0. The third-order valence-corrected chi connectivity index (χ3v) is 6.82. The first-order valence-corrected chi connectivity index (χ1v) is 13.1. The fourth-order valence-corrected chi connectivity index (χ4v) is 4.57. The normalized spacial score (nSPS) is 14.1. The summed E-state index contributed by atoms with van der Waals surface area (Å²) in [5.41, 5.74) is 5.55. The van der Waals surface area contributed by atoms with E-state index in [1.165, 1.54) is 5.69 Å². The van der Waals surface area contributed by atoms with E-state index < -0.39 is 0 Å². The van der Waals surface area contributed by atoms with Crippen LogP contribution in [0.15, 0.2) is 72.9 Å². The summed E-state index contributed by atoms with van der Waals surface area (Å²) in [4.78, 5) is 26.5. The summed E-state index contributed by atoms with van der Waals surface area (Å²) in [6.07, 6.45) is 4.38. The van der Waals surface area contributed by atoms with Crippen molar-refractivity contribution in [1.29, 1.82) is 0 Å². The van der Waals surface area contributed by atoms with Gasteiger partial charge in [-0.3, -0.25) is 4.79 Å². The number of para-hydroxylation sites is 1. The predicted molar refractivity (Wildman–Crippen MR) is 153 cm³/mol. The van der Waals surface area contributed by atoms with Crippen LogP contribution in [0.2, 0.25) is 0 Å². The number of Topliss-reactive ketones (excluding diaryl/α,β-unsaturated/α-hetero) is 1. The lowest BCUT2D eigenvalue weighted by molar-refractivity contribution is 0.0980. The topological polar surface area (TPSA) is 73.4 Å². The lowest BCUT2D eigenvalue weighted by Gasteiger charge is -2.34. The van der Waals surface area contributed by atoms with Crippen LogP contribution in [-0.4, -0.2) is 53.9 Å².